The molecule has 198 valence electrons. The lowest BCUT2D eigenvalue weighted by atomic mass is 9.98. The molecule has 1 aromatic heterocycles. The predicted octanol–water partition coefficient (Wildman–Crippen LogP) is 6.61. The summed E-state index contributed by atoms with van der Waals surface area (Å²) in [5, 5.41) is 13.7. The molecule has 2 N–H and O–H groups in total. The van der Waals surface area contributed by atoms with Gasteiger partial charge in [-0.25, -0.2) is 14.4 Å². The second kappa shape index (κ2) is 11.9. The van der Waals surface area contributed by atoms with E-state index in [0.29, 0.717) is 29.2 Å². The lowest BCUT2D eigenvalue weighted by Crippen LogP contribution is -2.29. The molecule has 6 nitrogen and oxygen atoms in total. The van der Waals surface area contributed by atoms with Gasteiger partial charge in [0.2, 0.25) is 5.95 Å². The van der Waals surface area contributed by atoms with Crippen LogP contribution < -0.4 is 10.2 Å². The number of anilines is 3. The first-order valence-corrected chi connectivity index (χ1v) is 13.2. The largest absolute Gasteiger partial charge is 0.506 e. The predicted molar refractivity (Wildman–Crippen MR) is 153 cm³/mol. The van der Waals surface area contributed by atoms with Crippen molar-refractivity contribution in [2.24, 2.45) is 0 Å². The van der Waals surface area contributed by atoms with Gasteiger partial charge in [0.15, 0.2) is 5.78 Å². The molecule has 0 bridgehead atoms. The Hall–Kier alpha value is -4.52. The molecule has 1 saturated heterocycles. The molecule has 0 aliphatic carbocycles. The van der Waals surface area contributed by atoms with Gasteiger partial charge in [-0.05, 0) is 72.9 Å². The van der Waals surface area contributed by atoms with E-state index >= 15 is 0 Å². The maximum atomic E-state index is 14.7. The molecule has 7 heteroatoms. The normalized spacial score (nSPS) is 13.2. The smallest absolute Gasteiger partial charge is 0.227 e. The number of ketones is 1. The van der Waals surface area contributed by atoms with Crippen molar-refractivity contribution in [3.63, 3.8) is 0 Å². The summed E-state index contributed by atoms with van der Waals surface area (Å²) in [5.41, 5.74) is 5.13. The van der Waals surface area contributed by atoms with E-state index in [-0.39, 0.29) is 18.0 Å². The third kappa shape index (κ3) is 6.49. The zero-order chi connectivity index (χ0) is 27.2. The molecular formula is C32H31FN4O2. The Bertz CT molecular complexity index is 1480. The summed E-state index contributed by atoms with van der Waals surface area (Å²) in [6.07, 6.45) is 7.01. The number of allylic oxidation sites excluding steroid dienone is 1. The molecule has 1 fully saturated rings. The zero-order valence-electron chi connectivity index (χ0n) is 21.7. The first-order chi connectivity index (χ1) is 19.0. The van der Waals surface area contributed by atoms with Crippen molar-refractivity contribution in [2.45, 2.75) is 32.1 Å². The lowest BCUT2D eigenvalue weighted by Gasteiger charge is -2.29. The Kier molecular flexibility index (Phi) is 7.96. The number of hydrogen-bond acceptors (Lipinski definition) is 6. The van der Waals surface area contributed by atoms with Gasteiger partial charge in [0.05, 0.1) is 11.4 Å². The van der Waals surface area contributed by atoms with Crippen molar-refractivity contribution in [1.82, 2.24) is 9.97 Å². The summed E-state index contributed by atoms with van der Waals surface area (Å²) in [6, 6.07) is 19.9. The number of benzene rings is 3. The van der Waals surface area contributed by atoms with Crippen molar-refractivity contribution in [1.29, 1.82) is 0 Å². The highest BCUT2D eigenvalue weighted by Gasteiger charge is 2.17. The number of hydrogen-bond donors (Lipinski definition) is 2. The van der Waals surface area contributed by atoms with Gasteiger partial charge in [-0.1, -0.05) is 36.9 Å². The summed E-state index contributed by atoms with van der Waals surface area (Å²) in [5.74, 6) is -0.0329. The SMILES string of the molecule is C=CC(=O)Cc1cc(F)cc(-c2nc(Nc3ccc(O)c(N4CCCCC4)c3)ncc2Cc2ccccc2)c1. The van der Waals surface area contributed by atoms with E-state index in [1.165, 1.54) is 24.6 Å². The number of carbonyl (C=O) groups excluding carboxylic acids is 1. The Morgan fingerprint density at radius 3 is 2.59 bits per heavy atom. The third-order valence-electron chi connectivity index (χ3n) is 6.87. The van der Waals surface area contributed by atoms with Crippen LogP contribution in [0.25, 0.3) is 11.3 Å². The standard InChI is InChI=1S/C32H31FN4O2/c1-2-28(38)18-23-16-24(19-26(33)17-23)31-25(15-22-9-5-3-6-10-22)21-34-32(36-31)35-27-11-12-30(39)29(20-27)37-13-7-4-8-14-37/h2-3,5-6,9-12,16-17,19-21,39H,1,4,7-8,13-15,18H2,(H,34,35,36). The number of phenols is 1. The molecule has 5 rings (SSSR count). The van der Waals surface area contributed by atoms with Crippen LogP contribution in [0.3, 0.4) is 0 Å². The average molecular weight is 523 g/mol. The summed E-state index contributed by atoms with van der Waals surface area (Å²) < 4.78 is 14.7. The highest BCUT2D eigenvalue weighted by molar-refractivity contribution is 5.91. The quantitative estimate of drug-likeness (QED) is 0.190. The van der Waals surface area contributed by atoms with Gasteiger partial charge in [-0.15, -0.1) is 0 Å². The third-order valence-corrected chi connectivity index (χ3v) is 6.87. The molecule has 3 aromatic carbocycles. The molecule has 4 aromatic rings. The molecule has 0 unspecified atom stereocenters. The summed E-state index contributed by atoms with van der Waals surface area (Å²) in [6.45, 7) is 5.33. The van der Waals surface area contributed by atoms with Crippen LogP contribution in [0.15, 0.2) is 85.6 Å². The Morgan fingerprint density at radius 1 is 1.03 bits per heavy atom. The van der Waals surface area contributed by atoms with Gasteiger partial charge in [-0.2, -0.15) is 0 Å². The maximum absolute atomic E-state index is 14.7. The molecular weight excluding hydrogens is 491 g/mol. The fourth-order valence-corrected chi connectivity index (χ4v) is 4.94. The average Bonchev–Trinajstić information content (AvgIpc) is 2.95. The van der Waals surface area contributed by atoms with Crippen LogP contribution in [0.5, 0.6) is 5.75 Å². The monoisotopic (exact) mass is 522 g/mol. The number of piperidine rings is 1. The number of carbonyl (C=O) groups is 1. The fourth-order valence-electron chi connectivity index (χ4n) is 4.94. The van der Waals surface area contributed by atoms with Gasteiger partial charge in [0, 0.05) is 48.9 Å². The van der Waals surface area contributed by atoms with E-state index < -0.39 is 5.82 Å². The van der Waals surface area contributed by atoms with Gasteiger partial charge in [0.1, 0.15) is 11.6 Å². The van der Waals surface area contributed by atoms with Crippen LogP contribution in [0.4, 0.5) is 21.7 Å². The molecule has 1 aliphatic rings. The maximum Gasteiger partial charge on any atom is 0.227 e. The van der Waals surface area contributed by atoms with Gasteiger partial charge < -0.3 is 15.3 Å². The molecule has 0 spiro atoms. The van der Waals surface area contributed by atoms with E-state index in [1.54, 1.807) is 24.4 Å². The minimum absolute atomic E-state index is 0.0608. The topological polar surface area (TPSA) is 78.3 Å². The molecule has 0 atom stereocenters. The summed E-state index contributed by atoms with van der Waals surface area (Å²) >= 11 is 0. The van der Waals surface area contributed by atoms with Crippen LogP contribution >= 0.6 is 0 Å². The second-order valence-corrected chi connectivity index (χ2v) is 9.80. The van der Waals surface area contributed by atoms with E-state index in [2.05, 4.69) is 21.8 Å². The van der Waals surface area contributed by atoms with Crippen molar-refractivity contribution in [3.05, 3.63) is 108 Å². The molecule has 0 amide bonds. The van der Waals surface area contributed by atoms with Gasteiger partial charge in [0.25, 0.3) is 0 Å². The van der Waals surface area contributed by atoms with Crippen LogP contribution in [0.2, 0.25) is 0 Å². The number of phenolic OH excluding ortho intramolecular Hbond substituents is 1. The number of nitrogens with zero attached hydrogens (tertiary/aromatic N) is 3. The Labute approximate surface area is 227 Å². The first kappa shape index (κ1) is 26.1. The van der Waals surface area contributed by atoms with E-state index in [1.807, 2.05) is 36.4 Å². The van der Waals surface area contributed by atoms with E-state index in [0.717, 1.165) is 48.4 Å². The number of rotatable bonds is 9. The highest BCUT2D eigenvalue weighted by Crippen LogP contribution is 2.34. The van der Waals surface area contributed by atoms with Crippen molar-refractivity contribution in [3.8, 4) is 17.0 Å². The Balaban J connectivity index is 1.51. The first-order valence-electron chi connectivity index (χ1n) is 13.2. The van der Waals surface area contributed by atoms with E-state index in [9.17, 15) is 14.3 Å². The van der Waals surface area contributed by atoms with Crippen molar-refractivity contribution < 1.29 is 14.3 Å². The zero-order valence-corrected chi connectivity index (χ0v) is 21.7. The minimum Gasteiger partial charge on any atom is -0.506 e. The van der Waals surface area contributed by atoms with Crippen LogP contribution in [-0.2, 0) is 17.6 Å². The van der Waals surface area contributed by atoms with Crippen LogP contribution in [-0.4, -0.2) is 33.9 Å². The fraction of sp³-hybridized carbons (Fsp3) is 0.219. The second-order valence-electron chi connectivity index (χ2n) is 9.80. The number of nitrogens with one attached hydrogen (secondary N) is 1. The Morgan fingerprint density at radius 2 is 1.82 bits per heavy atom. The highest BCUT2D eigenvalue weighted by atomic mass is 19.1. The molecule has 1 aliphatic heterocycles. The molecule has 0 saturated carbocycles. The number of halogens is 1. The molecule has 2 heterocycles. The van der Waals surface area contributed by atoms with Gasteiger partial charge in [-0.3, -0.25) is 4.79 Å². The number of aromatic hydroxyl groups is 1. The number of aromatic nitrogens is 2. The van der Waals surface area contributed by atoms with Crippen LogP contribution in [0.1, 0.15) is 36.0 Å². The van der Waals surface area contributed by atoms with Crippen LogP contribution in [0, 0.1) is 5.82 Å². The van der Waals surface area contributed by atoms with E-state index in [4.69, 9.17) is 4.98 Å². The molecule has 0 radical (unpaired) electrons. The summed E-state index contributed by atoms with van der Waals surface area (Å²) in [7, 11) is 0. The lowest BCUT2D eigenvalue weighted by molar-refractivity contribution is -0.114. The minimum atomic E-state index is -0.442. The van der Waals surface area contributed by atoms with Crippen molar-refractivity contribution >= 4 is 23.1 Å². The summed E-state index contributed by atoms with van der Waals surface area (Å²) in [4.78, 5) is 23.5. The van der Waals surface area contributed by atoms with Gasteiger partial charge >= 0.3 is 0 Å². The molecule has 39 heavy (non-hydrogen) atoms. The van der Waals surface area contributed by atoms with Crippen molar-refractivity contribution in [2.75, 3.05) is 23.3 Å².